The molecule has 0 amide bonds. The Morgan fingerprint density at radius 3 is 2.58 bits per heavy atom. The number of hydrogen-bond acceptors (Lipinski definition) is 4. The zero-order valence-corrected chi connectivity index (χ0v) is 19.4. The van der Waals surface area contributed by atoms with Crippen molar-refractivity contribution < 1.29 is 0 Å². The van der Waals surface area contributed by atoms with E-state index in [1.807, 2.05) is 18.5 Å². The highest BCUT2D eigenvalue weighted by molar-refractivity contribution is 14.0. The summed E-state index contributed by atoms with van der Waals surface area (Å²) in [7, 11) is 1.98. The molecule has 1 aromatic heterocycles. The summed E-state index contributed by atoms with van der Waals surface area (Å²) in [5.74, 6) is 3.29. The molecular weight excluding hydrogens is 441 g/mol. The smallest absolute Gasteiger partial charge is 0.191 e. The fraction of sp³-hybridized carbons (Fsp3) is 0.833. The minimum Gasteiger partial charge on any atom is -0.356 e. The molecule has 2 rings (SSSR count). The average Bonchev–Trinajstić information content (AvgIpc) is 3.09. The van der Waals surface area contributed by atoms with Gasteiger partial charge in [-0.15, -0.1) is 34.2 Å². The molecule has 2 heterocycles. The Bertz CT molecular complexity index is 570. The number of likely N-dealkylation sites (tertiary alicyclic amines) is 1. The van der Waals surface area contributed by atoms with Crippen molar-refractivity contribution >= 4 is 29.9 Å². The lowest BCUT2D eigenvalue weighted by atomic mass is 10.1. The average molecular weight is 477 g/mol. The second-order valence-corrected chi connectivity index (χ2v) is 7.44. The van der Waals surface area contributed by atoms with Gasteiger partial charge in [0.1, 0.15) is 12.4 Å². The summed E-state index contributed by atoms with van der Waals surface area (Å²) in [5, 5.41) is 15.4. The predicted molar refractivity (Wildman–Crippen MR) is 118 cm³/mol. The van der Waals surface area contributed by atoms with E-state index in [4.69, 9.17) is 4.99 Å². The second-order valence-electron chi connectivity index (χ2n) is 7.44. The van der Waals surface area contributed by atoms with Gasteiger partial charge in [0.05, 0.1) is 0 Å². The molecule has 1 fully saturated rings. The quantitative estimate of drug-likeness (QED) is 0.273. The minimum atomic E-state index is 0. The van der Waals surface area contributed by atoms with E-state index < -0.39 is 0 Å². The SMILES string of the molecule is CCCCNC(=NCc1nnc(C)n1C)NC1CN(C(C)C)CC1C.I. The molecule has 0 aromatic carbocycles. The first-order valence-corrected chi connectivity index (χ1v) is 9.56. The maximum atomic E-state index is 4.76. The third-order valence-electron chi connectivity index (χ3n) is 5.08. The second kappa shape index (κ2) is 11.1. The lowest BCUT2D eigenvalue weighted by molar-refractivity contribution is 0.265. The van der Waals surface area contributed by atoms with Crippen molar-refractivity contribution in [2.45, 2.75) is 66.1 Å². The van der Waals surface area contributed by atoms with Gasteiger partial charge in [0.15, 0.2) is 11.8 Å². The lowest BCUT2D eigenvalue weighted by Crippen LogP contribution is -2.47. The van der Waals surface area contributed by atoms with Crippen LogP contribution in [0.15, 0.2) is 4.99 Å². The van der Waals surface area contributed by atoms with Gasteiger partial charge in [-0.1, -0.05) is 20.3 Å². The molecule has 26 heavy (non-hydrogen) atoms. The molecule has 150 valence electrons. The molecule has 8 heteroatoms. The minimum absolute atomic E-state index is 0. The summed E-state index contributed by atoms with van der Waals surface area (Å²) >= 11 is 0. The monoisotopic (exact) mass is 477 g/mol. The molecule has 2 atom stereocenters. The van der Waals surface area contributed by atoms with E-state index >= 15 is 0 Å². The van der Waals surface area contributed by atoms with Crippen LogP contribution in [0.1, 0.15) is 52.2 Å². The molecule has 1 aliphatic rings. The molecule has 0 aliphatic carbocycles. The van der Waals surface area contributed by atoms with Crippen LogP contribution in [0.3, 0.4) is 0 Å². The molecule has 0 radical (unpaired) electrons. The number of nitrogens with zero attached hydrogens (tertiary/aromatic N) is 5. The summed E-state index contributed by atoms with van der Waals surface area (Å²) in [6, 6.07) is 1.01. The Morgan fingerprint density at radius 2 is 2.04 bits per heavy atom. The van der Waals surface area contributed by atoms with Crippen LogP contribution < -0.4 is 10.6 Å². The van der Waals surface area contributed by atoms with Crippen molar-refractivity contribution in [3.05, 3.63) is 11.6 Å². The summed E-state index contributed by atoms with van der Waals surface area (Å²) in [4.78, 5) is 7.29. The van der Waals surface area contributed by atoms with E-state index in [-0.39, 0.29) is 24.0 Å². The predicted octanol–water partition coefficient (Wildman–Crippen LogP) is 2.31. The van der Waals surface area contributed by atoms with Crippen LogP contribution in [0.25, 0.3) is 0 Å². The topological polar surface area (TPSA) is 70.4 Å². The third kappa shape index (κ3) is 6.37. The maximum absolute atomic E-state index is 4.76. The van der Waals surface area contributed by atoms with Crippen molar-refractivity contribution in [2.24, 2.45) is 18.0 Å². The zero-order valence-electron chi connectivity index (χ0n) is 17.1. The van der Waals surface area contributed by atoms with Crippen molar-refractivity contribution in [3.63, 3.8) is 0 Å². The van der Waals surface area contributed by atoms with Gasteiger partial charge in [-0.3, -0.25) is 4.90 Å². The highest BCUT2D eigenvalue weighted by Gasteiger charge is 2.31. The van der Waals surface area contributed by atoms with Crippen LogP contribution in [0, 0.1) is 12.8 Å². The van der Waals surface area contributed by atoms with Gasteiger partial charge in [0, 0.05) is 38.8 Å². The molecule has 1 saturated heterocycles. The third-order valence-corrected chi connectivity index (χ3v) is 5.08. The first kappa shape index (κ1) is 23.1. The number of nitrogens with one attached hydrogen (secondary N) is 2. The normalized spacial score (nSPS) is 21.1. The summed E-state index contributed by atoms with van der Waals surface area (Å²) in [6.07, 6.45) is 2.31. The van der Waals surface area contributed by atoms with Gasteiger partial charge in [-0.05, 0) is 33.1 Å². The maximum Gasteiger partial charge on any atom is 0.191 e. The van der Waals surface area contributed by atoms with E-state index in [0.717, 1.165) is 43.7 Å². The van der Waals surface area contributed by atoms with Crippen molar-refractivity contribution in [1.82, 2.24) is 30.3 Å². The Morgan fingerprint density at radius 1 is 1.31 bits per heavy atom. The van der Waals surface area contributed by atoms with Gasteiger partial charge in [0.25, 0.3) is 0 Å². The first-order valence-electron chi connectivity index (χ1n) is 9.56. The van der Waals surface area contributed by atoms with Crippen LogP contribution in [0.4, 0.5) is 0 Å². The molecule has 2 unspecified atom stereocenters. The Hall–Kier alpha value is -0.900. The van der Waals surface area contributed by atoms with Gasteiger partial charge >= 0.3 is 0 Å². The molecule has 2 N–H and O–H groups in total. The number of hydrogen-bond donors (Lipinski definition) is 2. The fourth-order valence-electron chi connectivity index (χ4n) is 3.06. The largest absolute Gasteiger partial charge is 0.356 e. The highest BCUT2D eigenvalue weighted by Crippen LogP contribution is 2.18. The van der Waals surface area contributed by atoms with E-state index in [2.05, 4.69) is 53.4 Å². The first-order chi connectivity index (χ1) is 11.9. The fourth-order valence-corrected chi connectivity index (χ4v) is 3.06. The summed E-state index contributed by atoms with van der Waals surface area (Å²) < 4.78 is 1.99. The van der Waals surface area contributed by atoms with Gasteiger partial charge in [-0.2, -0.15) is 0 Å². The van der Waals surface area contributed by atoms with Crippen LogP contribution in [-0.2, 0) is 13.6 Å². The number of unbranched alkanes of at least 4 members (excludes halogenated alkanes) is 1. The van der Waals surface area contributed by atoms with Crippen molar-refractivity contribution in [3.8, 4) is 0 Å². The van der Waals surface area contributed by atoms with Crippen LogP contribution in [-0.4, -0.2) is 57.3 Å². The van der Waals surface area contributed by atoms with Crippen LogP contribution >= 0.6 is 24.0 Å². The van der Waals surface area contributed by atoms with E-state index in [9.17, 15) is 0 Å². The Kier molecular flexibility index (Phi) is 9.84. The summed E-state index contributed by atoms with van der Waals surface area (Å²) in [6.45, 7) is 14.7. The highest BCUT2D eigenvalue weighted by atomic mass is 127. The number of guanidine groups is 1. The molecule has 0 spiro atoms. The van der Waals surface area contributed by atoms with Gasteiger partial charge in [-0.25, -0.2) is 4.99 Å². The number of halogens is 1. The van der Waals surface area contributed by atoms with Gasteiger partial charge in [0.2, 0.25) is 0 Å². The molecule has 1 aromatic rings. The molecular formula is C18H36IN7. The van der Waals surface area contributed by atoms with E-state index in [0.29, 0.717) is 24.5 Å². The van der Waals surface area contributed by atoms with E-state index in [1.165, 1.54) is 6.42 Å². The van der Waals surface area contributed by atoms with E-state index in [1.54, 1.807) is 0 Å². The van der Waals surface area contributed by atoms with Gasteiger partial charge < -0.3 is 15.2 Å². The Labute approximate surface area is 175 Å². The number of aromatic nitrogens is 3. The molecule has 0 saturated carbocycles. The molecule has 1 aliphatic heterocycles. The number of aliphatic imine (C=N–C) groups is 1. The van der Waals surface area contributed by atoms with Crippen LogP contribution in [0.2, 0.25) is 0 Å². The van der Waals surface area contributed by atoms with Crippen molar-refractivity contribution in [1.29, 1.82) is 0 Å². The zero-order chi connectivity index (χ0) is 18.4. The molecule has 0 bridgehead atoms. The van der Waals surface area contributed by atoms with Crippen molar-refractivity contribution in [2.75, 3.05) is 19.6 Å². The van der Waals surface area contributed by atoms with Crippen LogP contribution in [0.5, 0.6) is 0 Å². The lowest BCUT2D eigenvalue weighted by Gasteiger charge is -2.22. The standard InChI is InChI=1S/C18H35N7.HI/c1-7-8-9-19-18(20-10-17-23-22-15(5)24(17)6)21-16-12-25(13(2)3)11-14(16)4;/h13-14,16H,7-12H2,1-6H3,(H2,19,20,21);1H. The number of aryl methyl sites for hydroxylation is 1. The molecule has 7 nitrogen and oxygen atoms in total. The Balaban J connectivity index is 0.00000338. The number of rotatable bonds is 7. The summed E-state index contributed by atoms with van der Waals surface area (Å²) in [5.41, 5.74) is 0.